The molecule has 0 aliphatic rings. The van der Waals surface area contributed by atoms with Crippen LogP contribution < -0.4 is 11.1 Å². The fourth-order valence-electron chi connectivity index (χ4n) is 1.09. The SMILES string of the molecule is CNCC#Cc1cccc(C(=O)O)c1N. The van der Waals surface area contributed by atoms with Crippen molar-refractivity contribution in [3.63, 3.8) is 0 Å². The number of para-hydroxylation sites is 1. The molecule has 0 aliphatic carbocycles. The van der Waals surface area contributed by atoms with E-state index in [0.717, 1.165) is 0 Å². The average molecular weight is 204 g/mol. The molecule has 4 N–H and O–H groups in total. The van der Waals surface area contributed by atoms with Gasteiger partial charge in [-0.15, -0.1) is 0 Å². The molecule has 0 fully saturated rings. The van der Waals surface area contributed by atoms with Crippen LogP contribution in [0.5, 0.6) is 0 Å². The monoisotopic (exact) mass is 204 g/mol. The predicted octanol–water partition coefficient (Wildman–Crippen LogP) is 0.538. The van der Waals surface area contributed by atoms with E-state index in [9.17, 15) is 4.79 Å². The van der Waals surface area contributed by atoms with Crippen molar-refractivity contribution in [2.24, 2.45) is 0 Å². The first-order chi connectivity index (χ1) is 7.16. The van der Waals surface area contributed by atoms with Crippen LogP contribution in [0.1, 0.15) is 15.9 Å². The molecule has 78 valence electrons. The van der Waals surface area contributed by atoms with Crippen LogP contribution in [0.25, 0.3) is 0 Å². The van der Waals surface area contributed by atoms with Gasteiger partial charge in [-0.05, 0) is 19.2 Å². The van der Waals surface area contributed by atoms with Gasteiger partial charge in [0, 0.05) is 5.56 Å². The summed E-state index contributed by atoms with van der Waals surface area (Å²) in [6.07, 6.45) is 0. The number of rotatable bonds is 2. The molecule has 0 unspecified atom stereocenters. The van der Waals surface area contributed by atoms with E-state index in [-0.39, 0.29) is 11.3 Å². The third-order valence-electron chi connectivity index (χ3n) is 1.82. The number of aromatic carboxylic acids is 1. The summed E-state index contributed by atoms with van der Waals surface area (Å²) in [6.45, 7) is 0.538. The smallest absolute Gasteiger partial charge is 0.337 e. The molecule has 1 rings (SSSR count). The Morgan fingerprint density at radius 1 is 1.60 bits per heavy atom. The standard InChI is InChI=1S/C11H12N2O2/c1-13-7-3-5-8-4-2-6-9(10(8)12)11(14)15/h2,4,6,13H,7,12H2,1H3,(H,14,15). The summed E-state index contributed by atoms with van der Waals surface area (Å²) in [5, 5.41) is 11.7. The minimum atomic E-state index is -1.04. The second-order valence-electron chi connectivity index (χ2n) is 2.90. The summed E-state index contributed by atoms with van der Waals surface area (Å²) in [7, 11) is 1.78. The zero-order valence-corrected chi connectivity index (χ0v) is 8.37. The van der Waals surface area contributed by atoms with Gasteiger partial charge >= 0.3 is 5.97 Å². The molecular formula is C11H12N2O2. The highest BCUT2D eigenvalue weighted by Gasteiger charge is 2.08. The van der Waals surface area contributed by atoms with E-state index >= 15 is 0 Å². The van der Waals surface area contributed by atoms with Crippen LogP contribution in [-0.2, 0) is 0 Å². The first kappa shape index (κ1) is 11.1. The highest BCUT2D eigenvalue weighted by atomic mass is 16.4. The number of nitrogens with two attached hydrogens (primary N) is 1. The maximum atomic E-state index is 10.8. The minimum absolute atomic E-state index is 0.0891. The number of hydrogen-bond donors (Lipinski definition) is 3. The molecule has 0 spiro atoms. The first-order valence-electron chi connectivity index (χ1n) is 4.42. The molecule has 0 amide bonds. The predicted molar refractivity (Wildman–Crippen MR) is 58.6 cm³/mol. The lowest BCUT2D eigenvalue weighted by atomic mass is 10.1. The lowest BCUT2D eigenvalue weighted by Gasteiger charge is -2.02. The Bertz CT molecular complexity index is 430. The van der Waals surface area contributed by atoms with E-state index in [0.29, 0.717) is 12.1 Å². The summed E-state index contributed by atoms with van der Waals surface area (Å²) in [6, 6.07) is 4.79. The molecule has 0 bridgehead atoms. The molecule has 0 atom stereocenters. The van der Waals surface area contributed by atoms with E-state index in [1.54, 1.807) is 19.2 Å². The Kier molecular flexibility index (Phi) is 3.72. The molecule has 0 radical (unpaired) electrons. The van der Waals surface area contributed by atoms with Gasteiger partial charge in [0.25, 0.3) is 0 Å². The quantitative estimate of drug-likeness (QED) is 0.485. The second kappa shape index (κ2) is 5.03. The summed E-state index contributed by atoms with van der Waals surface area (Å²) >= 11 is 0. The van der Waals surface area contributed by atoms with Gasteiger partial charge in [0.1, 0.15) is 0 Å². The van der Waals surface area contributed by atoms with Crippen LogP contribution in [0.2, 0.25) is 0 Å². The van der Waals surface area contributed by atoms with E-state index in [4.69, 9.17) is 10.8 Å². The first-order valence-corrected chi connectivity index (χ1v) is 4.42. The van der Waals surface area contributed by atoms with Crippen LogP contribution in [-0.4, -0.2) is 24.7 Å². The highest BCUT2D eigenvalue weighted by Crippen LogP contribution is 2.16. The van der Waals surface area contributed by atoms with E-state index in [2.05, 4.69) is 17.2 Å². The van der Waals surface area contributed by atoms with E-state index < -0.39 is 5.97 Å². The van der Waals surface area contributed by atoms with Crippen molar-refractivity contribution >= 4 is 11.7 Å². The Labute approximate surface area is 88.1 Å². The Balaban J connectivity index is 3.06. The largest absolute Gasteiger partial charge is 0.478 e. The maximum absolute atomic E-state index is 10.8. The van der Waals surface area contributed by atoms with Crippen LogP contribution >= 0.6 is 0 Å². The van der Waals surface area contributed by atoms with Gasteiger partial charge in [-0.25, -0.2) is 4.79 Å². The van der Waals surface area contributed by atoms with Crippen LogP contribution in [0.3, 0.4) is 0 Å². The summed E-state index contributed by atoms with van der Waals surface area (Å²) in [5.74, 6) is 4.60. The zero-order valence-electron chi connectivity index (χ0n) is 8.37. The number of nitrogen functional groups attached to an aromatic ring is 1. The molecule has 4 nitrogen and oxygen atoms in total. The van der Waals surface area contributed by atoms with E-state index in [1.807, 2.05) is 0 Å². The van der Waals surface area contributed by atoms with Gasteiger partial charge in [0.15, 0.2) is 0 Å². The molecule has 1 aromatic rings. The Morgan fingerprint density at radius 3 is 2.93 bits per heavy atom. The third kappa shape index (κ3) is 2.73. The highest BCUT2D eigenvalue weighted by molar-refractivity contribution is 5.95. The molecule has 15 heavy (non-hydrogen) atoms. The number of hydrogen-bond acceptors (Lipinski definition) is 3. The molecule has 0 saturated carbocycles. The molecule has 0 saturated heterocycles. The zero-order chi connectivity index (χ0) is 11.3. The fourth-order valence-corrected chi connectivity index (χ4v) is 1.09. The number of anilines is 1. The summed E-state index contributed by atoms with van der Waals surface area (Å²) in [5.41, 5.74) is 6.51. The van der Waals surface area contributed by atoms with Gasteiger partial charge in [-0.2, -0.15) is 0 Å². The lowest BCUT2D eigenvalue weighted by molar-refractivity contribution is 0.0698. The number of nitrogens with one attached hydrogen (secondary N) is 1. The third-order valence-corrected chi connectivity index (χ3v) is 1.82. The van der Waals surface area contributed by atoms with Gasteiger partial charge in [-0.1, -0.05) is 17.9 Å². The van der Waals surface area contributed by atoms with Crippen molar-refractivity contribution in [2.45, 2.75) is 0 Å². The molecule has 0 aliphatic heterocycles. The van der Waals surface area contributed by atoms with Crippen LogP contribution in [0.15, 0.2) is 18.2 Å². The molecule has 0 aromatic heterocycles. The molecular weight excluding hydrogens is 192 g/mol. The fraction of sp³-hybridized carbons (Fsp3) is 0.182. The average Bonchev–Trinajstić information content (AvgIpc) is 2.20. The summed E-state index contributed by atoms with van der Waals surface area (Å²) in [4.78, 5) is 10.8. The van der Waals surface area contributed by atoms with Crippen LogP contribution in [0, 0.1) is 11.8 Å². The topological polar surface area (TPSA) is 75.3 Å². The van der Waals surface area contributed by atoms with E-state index in [1.165, 1.54) is 6.07 Å². The Morgan fingerprint density at radius 2 is 2.33 bits per heavy atom. The van der Waals surface area contributed by atoms with Crippen molar-refractivity contribution in [3.05, 3.63) is 29.3 Å². The number of benzene rings is 1. The van der Waals surface area contributed by atoms with Gasteiger partial charge < -0.3 is 16.2 Å². The van der Waals surface area contributed by atoms with Gasteiger partial charge in [0.2, 0.25) is 0 Å². The second-order valence-corrected chi connectivity index (χ2v) is 2.90. The lowest BCUT2D eigenvalue weighted by Crippen LogP contribution is -2.06. The van der Waals surface area contributed by atoms with Gasteiger partial charge in [-0.3, -0.25) is 0 Å². The molecule has 0 heterocycles. The van der Waals surface area contributed by atoms with Crippen molar-refractivity contribution in [3.8, 4) is 11.8 Å². The van der Waals surface area contributed by atoms with Crippen molar-refractivity contribution in [1.29, 1.82) is 0 Å². The number of carboxylic acid groups (broad SMARTS) is 1. The summed E-state index contributed by atoms with van der Waals surface area (Å²) < 4.78 is 0. The normalized spacial score (nSPS) is 9.13. The minimum Gasteiger partial charge on any atom is -0.478 e. The van der Waals surface area contributed by atoms with Crippen molar-refractivity contribution in [2.75, 3.05) is 19.3 Å². The van der Waals surface area contributed by atoms with Crippen molar-refractivity contribution in [1.82, 2.24) is 5.32 Å². The number of carbonyl (C=O) groups is 1. The number of carboxylic acids is 1. The Hall–Kier alpha value is -1.99. The molecule has 4 heteroatoms. The van der Waals surface area contributed by atoms with Gasteiger partial charge in [0.05, 0.1) is 17.8 Å². The van der Waals surface area contributed by atoms with Crippen molar-refractivity contribution < 1.29 is 9.90 Å². The maximum Gasteiger partial charge on any atom is 0.337 e. The van der Waals surface area contributed by atoms with Crippen LogP contribution in [0.4, 0.5) is 5.69 Å². The molecule has 1 aromatic carbocycles.